The number of rotatable bonds is 9. The van der Waals surface area contributed by atoms with E-state index in [-0.39, 0.29) is 12.0 Å². The summed E-state index contributed by atoms with van der Waals surface area (Å²) in [4.78, 5) is 27.1. The minimum Gasteiger partial charge on any atom is -0.493 e. The highest BCUT2D eigenvalue weighted by atomic mass is 16.6. The highest BCUT2D eigenvalue weighted by molar-refractivity contribution is 6.04. The van der Waals surface area contributed by atoms with E-state index in [0.29, 0.717) is 43.2 Å². The van der Waals surface area contributed by atoms with Gasteiger partial charge in [-0.15, -0.1) is 0 Å². The Morgan fingerprint density at radius 1 is 1.08 bits per heavy atom. The van der Waals surface area contributed by atoms with Crippen LogP contribution in [0.25, 0.3) is 0 Å². The zero-order valence-electron chi connectivity index (χ0n) is 21.9. The Kier molecular flexibility index (Phi) is 9.00. The number of hydrogen-bond acceptors (Lipinski definition) is 7. The number of nitrogens with one attached hydrogen (secondary N) is 1. The van der Waals surface area contributed by atoms with E-state index < -0.39 is 6.09 Å². The Hall–Kier alpha value is -3.59. The topological polar surface area (TPSA) is 92.7 Å². The molecular weight excluding hydrogens is 472 g/mol. The van der Waals surface area contributed by atoms with Crippen LogP contribution in [0.5, 0.6) is 11.5 Å². The average Bonchev–Trinajstić information content (AvgIpc) is 2.91. The molecule has 0 spiro atoms. The molecule has 2 aromatic carbocycles. The summed E-state index contributed by atoms with van der Waals surface area (Å²) in [6, 6.07) is 13.1. The van der Waals surface area contributed by atoms with Gasteiger partial charge >= 0.3 is 6.09 Å². The van der Waals surface area contributed by atoms with E-state index in [1.54, 1.807) is 7.11 Å². The smallest absolute Gasteiger partial charge is 0.411 e. The van der Waals surface area contributed by atoms with Crippen LogP contribution in [0.3, 0.4) is 0 Å². The highest BCUT2D eigenvalue weighted by Gasteiger charge is 2.23. The second-order valence-corrected chi connectivity index (χ2v) is 9.44. The summed E-state index contributed by atoms with van der Waals surface area (Å²) in [5.74, 6) is 1.32. The molecule has 9 nitrogen and oxygen atoms in total. The predicted octanol–water partition coefficient (Wildman–Crippen LogP) is 4.65. The second kappa shape index (κ2) is 12.6. The highest BCUT2D eigenvalue weighted by Crippen LogP contribution is 2.30. The maximum atomic E-state index is 12.6. The van der Waals surface area contributed by atoms with Crippen molar-refractivity contribution < 1.29 is 23.8 Å². The molecule has 2 heterocycles. The fourth-order valence-electron chi connectivity index (χ4n) is 4.38. The first-order chi connectivity index (χ1) is 17.9. The number of amides is 2. The van der Waals surface area contributed by atoms with Crippen LogP contribution in [-0.4, -0.2) is 67.6 Å². The van der Waals surface area contributed by atoms with Crippen molar-refractivity contribution in [3.8, 4) is 11.5 Å². The van der Waals surface area contributed by atoms with Gasteiger partial charge in [0.1, 0.15) is 6.10 Å². The molecule has 0 saturated carbocycles. The molecule has 1 saturated heterocycles. The Morgan fingerprint density at radius 2 is 1.84 bits per heavy atom. The van der Waals surface area contributed by atoms with E-state index in [1.165, 1.54) is 5.01 Å². The average molecular weight is 509 g/mol. The van der Waals surface area contributed by atoms with Crippen LogP contribution in [-0.2, 0) is 16.1 Å². The van der Waals surface area contributed by atoms with Crippen LogP contribution in [0.1, 0.15) is 50.2 Å². The molecule has 4 rings (SSSR count). The molecule has 2 amide bonds. The van der Waals surface area contributed by atoms with E-state index in [1.807, 2.05) is 42.5 Å². The molecule has 0 aliphatic carbocycles. The van der Waals surface area contributed by atoms with Gasteiger partial charge in [-0.25, -0.2) is 9.80 Å². The summed E-state index contributed by atoms with van der Waals surface area (Å²) >= 11 is 0. The van der Waals surface area contributed by atoms with Crippen LogP contribution in [0.2, 0.25) is 0 Å². The number of likely N-dealkylation sites (tertiary alicyclic amines) is 1. The number of nitrogens with zero attached hydrogens (tertiary/aromatic N) is 3. The lowest BCUT2D eigenvalue weighted by molar-refractivity contribution is -0.132. The molecule has 1 fully saturated rings. The van der Waals surface area contributed by atoms with Crippen LogP contribution in [0, 0.1) is 0 Å². The molecule has 2 aromatic rings. The van der Waals surface area contributed by atoms with Crippen molar-refractivity contribution in [1.82, 2.24) is 9.91 Å². The van der Waals surface area contributed by atoms with Gasteiger partial charge in [0, 0.05) is 37.2 Å². The quantitative estimate of drug-likeness (QED) is 0.530. The summed E-state index contributed by atoms with van der Waals surface area (Å²) in [6.07, 6.45) is 3.05. The van der Waals surface area contributed by atoms with E-state index in [4.69, 9.17) is 14.2 Å². The molecular formula is C28H36N4O5. The van der Waals surface area contributed by atoms with Gasteiger partial charge in [-0.3, -0.25) is 10.1 Å². The SMILES string of the molecule is CCCOc1cc(C2=NN(Cc3ccc(NC(=O)OC4CCN(C)CC4)cc3)C(=O)CC2)ccc1OC. The molecule has 37 heavy (non-hydrogen) atoms. The van der Waals surface area contributed by atoms with Gasteiger partial charge in [0.25, 0.3) is 0 Å². The lowest BCUT2D eigenvalue weighted by atomic mass is 10.0. The zero-order valence-corrected chi connectivity index (χ0v) is 21.9. The van der Waals surface area contributed by atoms with Crippen molar-refractivity contribution in [2.75, 3.05) is 39.2 Å². The largest absolute Gasteiger partial charge is 0.493 e. The number of carbonyl (C=O) groups excluding carboxylic acids is 2. The molecule has 0 bridgehead atoms. The number of methoxy groups -OCH3 is 1. The summed E-state index contributed by atoms with van der Waals surface area (Å²) < 4.78 is 16.8. The van der Waals surface area contributed by atoms with Crippen LogP contribution in [0.4, 0.5) is 10.5 Å². The van der Waals surface area contributed by atoms with Crippen LogP contribution in [0.15, 0.2) is 47.6 Å². The van der Waals surface area contributed by atoms with Gasteiger partial charge in [-0.2, -0.15) is 5.10 Å². The zero-order chi connectivity index (χ0) is 26.2. The van der Waals surface area contributed by atoms with E-state index >= 15 is 0 Å². The van der Waals surface area contributed by atoms with Crippen molar-refractivity contribution in [1.29, 1.82) is 0 Å². The number of hydrogen-bond donors (Lipinski definition) is 1. The number of piperidine rings is 1. The molecule has 9 heteroatoms. The Labute approximate surface area is 218 Å². The predicted molar refractivity (Wildman–Crippen MR) is 142 cm³/mol. The molecule has 198 valence electrons. The fraction of sp³-hybridized carbons (Fsp3) is 0.464. The van der Waals surface area contributed by atoms with E-state index in [2.05, 4.69) is 29.3 Å². The van der Waals surface area contributed by atoms with E-state index in [9.17, 15) is 9.59 Å². The second-order valence-electron chi connectivity index (χ2n) is 9.44. The number of ether oxygens (including phenoxy) is 3. The minimum atomic E-state index is -0.440. The van der Waals surface area contributed by atoms with Gasteiger partial charge < -0.3 is 19.1 Å². The van der Waals surface area contributed by atoms with Gasteiger partial charge in [0.15, 0.2) is 11.5 Å². The van der Waals surface area contributed by atoms with Crippen molar-refractivity contribution >= 4 is 23.4 Å². The van der Waals surface area contributed by atoms with Gasteiger partial charge in [-0.05, 0) is 62.2 Å². The Balaban J connectivity index is 1.38. The van der Waals surface area contributed by atoms with Crippen LogP contribution < -0.4 is 14.8 Å². The summed E-state index contributed by atoms with van der Waals surface area (Å²) in [6.45, 7) is 4.85. The summed E-state index contributed by atoms with van der Waals surface area (Å²) in [5, 5.41) is 8.96. The third-order valence-electron chi connectivity index (χ3n) is 6.54. The van der Waals surface area contributed by atoms with Gasteiger partial charge in [-0.1, -0.05) is 19.1 Å². The lowest BCUT2D eigenvalue weighted by Gasteiger charge is -2.28. The van der Waals surface area contributed by atoms with Crippen molar-refractivity contribution in [3.63, 3.8) is 0 Å². The molecule has 1 N–H and O–H groups in total. The first-order valence-electron chi connectivity index (χ1n) is 12.9. The van der Waals surface area contributed by atoms with Crippen molar-refractivity contribution in [2.24, 2.45) is 5.10 Å². The summed E-state index contributed by atoms with van der Waals surface area (Å²) in [7, 11) is 3.69. The third kappa shape index (κ3) is 7.22. The Morgan fingerprint density at radius 3 is 2.54 bits per heavy atom. The molecule has 2 aliphatic rings. The molecule has 0 atom stereocenters. The fourth-order valence-corrected chi connectivity index (χ4v) is 4.38. The minimum absolute atomic E-state index is 0.0244. The number of benzene rings is 2. The molecule has 0 unspecified atom stereocenters. The maximum absolute atomic E-state index is 12.6. The monoisotopic (exact) mass is 508 g/mol. The van der Waals surface area contributed by atoms with Gasteiger partial charge in [0.05, 0.1) is 26.0 Å². The van der Waals surface area contributed by atoms with Crippen molar-refractivity contribution in [3.05, 3.63) is 53.6 Å². The normalized spacial score (nSPS) is 16.8. The standard InChI is InChI=1S/C28H36N4O5/c1-4-17-36-26-18-21(7-11-25(26)35-3)24-10-12-27(33)32(30-24)19-20-5-8-22(9-6-20)29-28(34)37-23-13-15-31(2)16-14-23/h5-9,11,18,23H,4,10,12-17,19H2,1-3H3,(H,29,34). The molecule has 0 radical (unpaired) electrons. The number of anilines is 1. The first-order valence-corrected chi connectivity index (χ1v) is 12.9. The number of hydrazone groups is 1. The first kappa shape index (κ1) is 26.5. The Bertz CT molecular complexity index is 1110. The van der Waals surface area contributed by atoms with Crippen molar-refractivity contribution in [2.45, 2.75) is 51.7 Å². The molecule has 0 aromatic heterocycles. The van der Waals surface area contributed by atoms with E-state index in [0.717, 1.165) is 49.2 Å². The maximum Gasteiger partial charge on any atom is 0.411 e. The molecule has 2 aliphatic heterocycles. The number of carbonyl (C=O) groups is 2. The lowest BCUT2D eigenvalue weighted by Crippen LogP contribution is -2.36. The van der Waals surface area contributed by atoms with Gasteiger partial charge in [0.2, 0.25) is 5.91 Å². The third-order valence-corrected chi connectivity index (χ3v) is 6.54. The summed E-state index contributed by atoms with van der Waals surface area (Å²) in [5.41, 5.74) is 3.30. The van der Waals surface area contributed by atoms with Crippen LogP contribution >= 0.6 is 0 Å².